The second-order valence-electron chi connectivity index (χ2n) is 4.70. The highest BCUT2D eigenvalue weighted by molar-refractivity contribution is 9.09. The molecule has 1 aromatic rings. The van der Waals surface area contributed by atoms with Crippen LogP contribution in [0.3, 0.4) is 0 Å². The third-order valence-corrected chi connectivity index (χ3v) is 4.66. The third-order valence-electron chi connectivity index (χ3n) is 2.96. The van der Waals surface area contributed by atoms with E-state index in [0.29, 0.717) is 5.92 Å². The van der Waals surface area contributed by atoms with Crippen molar-refractivity contribution in [3.05, 3.63) is 5.82 Å². The summed E-state index contributed by atoms with van der Waals surface area (Å²) < 4.78 is 4.42. The summed E-state index contributed by atoms with van der Waals surface area (Å²) in [5.74, 6) is 2.18. The first-order chi connectivity index (χ1) is 7.70. The lowest BCUT2D eigenvalue weighted by Gasteiger charge is -2.31. The quantitative estimate of drug-likeness (QED) is 0.803. The van der Waals surface area contributed by atoms with E-state index in [1.165, 1.54) is 12.8 Å². The topological polar surface area (TPSA) is 29.0 Å². The molecule has 1 aliphatic rings. The SMILES string of the molecule is CC(C)c1nsc(N2CCCC(CBr)C2)n1. The Morgan fingerprint density at radius 1 is 1.56 bits per heavy atom. The van der Waals surface area contributed by atoms with Gasteiger partial charge >= 0.3 is 0 Å². The maximum atomic E-state index is 4.62. The summed E-state index contributed by atoms with van der Waals surface area (Å²) in [6.07, 6.45) is 2.60. The van der Waals surface area contributed by atoms with Crippen LogP contribution in [0.1, 0.15) is 38.4 Å². The van der Waals surface area contributed by atoms with Crippen molar-refractivity contribution in [1.82, 2.24) is 9.36 Å². The average molecular weight is 304 g/mol. The fraction of sp³-hybridized carbons (Fsp3) is 0.818. The van der Waals surface area contributed by atoms with Gasteiger partial charge in [-0.1, -0.05) is 29.8 Å². The van der Waals surface area contributed by atoms with Crippen LogP contribution in [0.5, 0.6) is 0 Å². The van der Waals surface area contributed by atoms with Gasteiger partial charge in [0.15, 0.2) is 0 Å². The maximum absolute atomic E-state index is 4.62. The van der Waals surface area contributed by atoms with Crippen molar-refractivity contribution in [2.75, 3.05) is 23.3 Å². The molecule has 1 saturated heterocycles. The predicted molar refractivity (Wildman–Crippen MR) is 72.7 cm³/mol. The fourth-order valence-corrected chi connectivity index (χ4v) is 3.33. The molecule has 1 unspecified atom stereocenters. The minimum absolute atomic E-state index is 0.432. The Morgan fingerprint density at radius 3 is 3.00 bits per heavy atom. The zero-order valence-electron chi connectivity index (χ0n) is 9.82. The molecule has 0 aliphatic carbocycles. The maximum Gasteiger partial charge on any atom is 0.205 e. The number of piperidine rings is 1. The lowest BCUT2D eigenvalue weighted by atomic mass is 10.0. The van der Waals surface area contributed by atoms with E-state index in [-0.39, 0.29) is 0 Å². The number of hydrogen-bond acceptors (Lipinski definition) is 4. The molecule has 1 fully saturated rings. The summed E-state index contributed by atoms with van der Waals surface area (Å²) in [5, 5.41) is 2.20. The molecular weight excluding hydrogens is 286 g/mol. The minimum atomic E-state index is 0.432. The molecule has 90 valence electrons. The van der Waals surface area contributed by atoms with Crippen molar-refractivity contribution in [3.63, 3.8) is 0 Å². The molecule has 2 heterocycles. The zero-order chi connectivity index (χ0) is 11.5. The van der Waals surface area contributed by atoms with Crippen molar-refractivity contribution in [3.8, 4) is 0 Å². The summed E-state index contributed by atoms with van der Waals surface area (Å²) in [5.41, 5.74) is 0. The van der Waals surface area contributed by atoms with Gasteiger partial charge in [0, 0.05) is 35.9 Å². The van der Waals surface area contributed by atoms with E-state index in [1.807, 2.05) is 0 Å². The lowest BCUT2D eigenvalue weighted by Crippen LogP contribution is -2.35. The van der Waals surface area contributed by atoms with Crippen molar-refractivity contribution < 1.29 is 0 Å². The van der Waals surface area contributed by atoms with E-state index < -0.39 is 0 Å². The molecule has 3 nitrogen and oxygen atoms in total. The van der Waals surface area contributed by atoms with Crippen LogP contribution in [0.2, 0.25) is 0 Å². The summed E-state index contributed by atoms with van der Waals surface area (Å²) in [6, 6.07) is 0. The first-order valence-corrected chi connectivity index (χ1v) is 7.74. The van der Waals surface area contributed by atoms with Crippen molar-refractivity contribution in [2.45, 2.75) is 32.6 Å². The van der Waals surface area contributed by atoms with Gasteiger partial charge in [0.25, 0.3) is 0 Å². The van der Waals surface area contributed by atoms with Crippen LogP contribution in [-0.4, -0.2) is 27.8 Å². The van der Waals surface area contributed by atoms with Gasteiger partial charge in [-0.05, 0) is 18.8 Å². The monoisotopic (exact) mass is 303 g/mol. The molecule has 0 aromatic carbocycles. The number of rotatable bonds is 3. The molecule has 0 bridgehead atoms. The first-order valence-electron chi connectivity index (χ1n) is 5.85. The largest absolute Gasteiger partial charge is 0.347 e. The van der Waals surface area contributed by atoms with Crippen molar-refractivity contribution in [2.24, 2.45) is 5.92 Å². The van der Waals surface area contributed by atoms with Gasteiger partial charge in [-0.15, -0.1) is 0 Å². The minimum Gasteiger partial charge on any atom is -0.347 e. The molecular formula is C11H18BrN3S. The van der Waals surface area contributed by atoms with Crippen LogP contribution in [-0.2, 0) is 0 Å². The highest BCUT2D eigenvalue weighted by Crippen LogP contribution is 2.26. The second-order valence-corrected chi connectivity index (χ2v) is 6.08. The predicted octanol–water partition coefficient (Wildman–Crippen LogP) is 3.27. The van der Waals surface area contributed by atoms with Gasteiger partial charge in [-0.3, -0.25) is 0 Å². The summed E-state index contributed by atoms with van der Waals surface area (Å²) >= 11 is 5.13. The van der Waals surface area contributed by atoms with Crippen LogP contribution in [0.15, 0.2) is 0 Å². The number of alkyl halides is 1. The van der Waals surface area contributed by atoms with Crippen LogP contribution in [0, 0.1) is 5.92 Å². The lowest BCUT2D eigenvalue weighted by molar-refractivity contribution is 0.454. The van der Waals surface area contributed by atoms with Crippen LogP contribution in [0.4, 0.5) is 5.13 Å². The van der Waals surface area contributed by atoms with Gasteiger partial charge in [-0.2, -0.15) is 4.37 Å². The third kappa shape index (κ3) is 2.74. The van der Waals surface area contributed by atoms with E-state index in [4.69, 9.17) is 0 Å². The molecule has 0 spiro atoms. The van der Waals surface area contributed by atoms with Crippen molar-refractivity contribution >= 4 is 32.6 Å². The van der Waals surface area contributed by atoms with E-state index >= 15 is 0 Å². The number of anilines is 1. The highest BCUT2D eigenvalue weighted by atomic mass is 79.9. The Labute approximate surface area is 110 Å². The molecule has 1 aromatic heterocycles. The van der Waals surface area contributed by atoms with E-state index in [2.05, 4.69) is 44.0 Å². The Morgan fingerprint density at radius 2 is 2.38 bits per heavy atom. The first kappa shape index (κ1) is 12.3. The van der Waals surface area contributed by atoms with Gasteiger partial charge in [0.2, 0.25) is 5.13 Å². The van der Waals surface area contributed by atoms with Gasteiger partial charge in [0.1, 0.15) is 5.82 Å². The van der Waals surface area contributed by atoms with Crippen LogP contribution in [0.25, 0.3) is 0 Å². The highest BCUT2D eigenvalue weighted by Gasteiger charge is 2.22. The smallest absolute Gasteiger partial charge is 0.205 e. The molecule has 0 radical (unpaired) electrons. The molecule has 0 amide bonds. The van der Waals surface area contributed by atoms with Gasteiger partial charge < -0.3 is 4.90 Å². The normalized spacial score (nSPS) is 21.8. The summed E-state index contributed by atoms with van der Waals surface area (Å²) in [7, 11) is 0. The fourth-order valence-electron chi connectivity index (χ4n) is 1.95. The Kier molecular flexibility index (Phi) is 4.19. The molecule has 16 heavy (non-hydrogen) atoms. The van der Waals surface area contributed by atoms with Crippen LogP contribution < -0.4 is 4.90 Å². The average Bonchev–Trinajstić information content (AvgIpc) is 2.78. The zero-order valence-corrected chi connectivity index (χ0v) is 12.2. The van der Waals surface area contributed by atoms with E-state index in [0.717, 1.165) is 35.3 Å². The number of nitrogens with zero attached hydrogens (tertiary/aromatic N) is 3. The second kappa shape index (κ2) is 5.45. The molecule has 1 atom stereocenters. The Bertz CT molecular complexity index is 340. The summed E-state index contributed by atoms with van der Waals surface area (Å²) in [4.78, 5) is 7.01. The van der Waals surface area contributed by atoms with Gasteiger partial charge in [0.05, 0.1) is 0 Å². The van der Waals surface area contributed by atoms with Crippen LogP contribution >= 0.6 is 27.5 Å². The molecule has 0 saturated carbocycles. The van der Waals surface area contributed by atoms with E-state index in [9.17, 15) is 0 Å². The summed E-state index contributed by atoms with van der Waals surface area (Å²) in [6.45, 7) is 6.54. The Hall–Kier alpha value is -0.160. The Balaban J connectivity index is 2.05. The molecule has 5 heteroatoms. The number of halogens is 1. The standard InChI is InChI=1S/C11H18BrN3S/c1-8(2)10-13-11(16-14-10)15-5-3-4-9(6-12)7-15/h8-9H,3-7H2,1-2H3. The van der Waals surface area contributed by atoms with E-state index in [1.54, 1.807) is 11.5 Å². The molecule has 0 N–H and O–H groups in total. The number of hydrogen-bond donors (Lipinski definition) is 0. The molecule has 2 rings (SSSR count). The van der Waals surface area contributed by atoms with Crippen molar-refractivity contribution in [1.29, 1.82) is 0 Å². The molecule has 1 aliphatic heterocycles. The van der Waals surface area contributed by atoms with Gasteiger partial charge in [-0.25, -0.2) is 4.98 Å². The number of aromatic nitrogens is 2.